The average molecular weight is 331 g/mol. The van der Waals surface area contributed by atoms with Crippen molar-refractivity contribution in [3.8, 4) is 0 Å². The van der Waals surface area contributed by atoms with E-state index in [9.17, 15) is 14.7 Å². The van der Waals surface area contributed by atoms with Gasteiger partial charge >= 0.3 is 5.97 Å². The monoisotopic (exact) mass is 330 g/mol. The van der Waals surface area contributed by atoms with Gasteiger partial charge in [0.05, 0.1) is 16.0 Å². The second-order valence-electron chi connectivity index (χ2n) is 5.49. The van der Waals surface area contributed by atoms with Gasteiger partial charge in [-0.05, 0) is 25.8 Å². The Morgan fingerprint density at radius 2 is 2.14 bits per heavy atom. The maximum Gasteiger partial charge on any atom is 0.311 e. The molecular formula is C14H16Cl2N2O3. The highest BCUT2D eigenvalue weighted by molar-refractivity contribution is 6.41. The maximum atomic E-state index is 12.2. The molecule has 0 aromatic carbocycles. The number of nitrogens with one attached hydrogen (secondary N) is 1. The summed E-state index contributed by atoms with van der Waals surface area (Å²) in [6.07, 6.45) is 4.26. The molecule has 0 bridgehead atoms. The molecule has 114 valence electrons. The zero-order valence-corrected chi connectivity index (χ0v) is 13.0. The summed E-state index contributed by atoms with van der Waals surface area (Å²) in [5.41, 5.74) is -0.680. The lowest BCUT2D eigenvalue weighted by Crippen LogP contribution is -2.52. The van der Waals surface area contributed by atoms with Gasteiger partial charge in [-0.15, -0.1) is 0 Å². The standard InChI is InChI=1S/C14H16Cl2N2O3/c1-14(13(20)21)5-3-2-4-10(14)18-12(19)8-6-9(15)11(16)17-7-8/h6-7,10H,2-5H2,1H3,(H,18,19)(H,20,21). The summed E-state index contributed by atoms with van der Waals surface area (Å²) in [5, 5.41) is 12.5. The lowest BCUT2D eigenvalue weighted by Gasteiger charge is -2.38. The van der Waals surface area contributed by atoms with Gasteiger partial charge in [-0.2, -0.15) is 0 Å². The molecule has 2 unspecified atom stereocenters. The fourth-order valence-corrected chi connectivity index (χ4v) is 2.88. The van der Waals surface area contributed by atoms with Crippen molar-refractivity contribution in [2.24, 2.45) is 5.41 Å². The second-order valence-corrected chi connectivity index (χ2v) is 6.26. The molecule has 0 spiro atoms. The van der Waals surface area contributed by atoms with Crippen molar-refractivity contribution in [1.29, 1.82) is 0 Å². The molecule has 1 amide bonds. The van der Waals surface area contributed by atoms with Gasteiger partial charge in [-0.1, -0.05) is 36.0 Å². The van der Waals surface area contributed by atoms with E-state index in [0.29, 0.717) is 12.8 Å². The number of rotatable bonds is 3. The van der Waals surface area contributed by atoms with E-state index < -0.39 is 17.4 Å². The van der Waals surface area contributed by atoms with Crippen molar-refractivity contribution in [1.82, 2.24) is 10.3 Å². The molecule has 1 heterocycles. The number of hydrogen-bond donors (Lipinski definition) is 2. The third-order valence-electron chi connectivity index (χ3n) is 4.06. The van der Waals surface area contributed by atoms with E-state index in [1.165, 1.54) is 12.3 Å². The fraction of sp³-hybridized carbons (Fsp3) is 0.500. The molecule has 7 heteroatoms. The van der Waals surface area contributed by atoms with E-state index in [0.717, 1.165) is 12.8 Å². The smallest absolute Gasteiger partial charge is 0.311 e. The third-order valence-corrected chi connectivity index (χ3v) is 4.75. The zero-order chi connectivity index (χ0) is 15.6. The molecule has 1 saturated carbocycles. The zero-order valence-electron chi connectivity index (χ0n) is 11.5. The van der Waals surface area contributed by atoms with Crippen LogP contribution in [0.15, 0.2) is 12.3 Å². The van der Waals surface area contributed by atoms with Crippen LogP contribution >= 0.6 is 23.2 Å². The van der Waals surface area contributed by atoms with Crippen molar-refractivity contribution in [2.45, 2.75) is 38.6 Å². The number of carboxylic acids is 1. The minimum Gasteiger partial charge on any atom is -0.481 e. The van der Waals surface area contributed by atoms with Crippen molar-refractivity contribution < 1.29 is 14.7 Å². The van der Waals surface area contributed by atoms with E-state index >= 15 is 0 Å². The Hall–Kier alpha value is -1.33. The minimum absolute atomic E-state index is 0.126. The van der Waals surface area contributed by atoms with Crippen molar-refractivity contribution in [3.63, 3.8) is 0 Å². The van der Waals surface area contributed by atoms with E-state index in [4.69, 9.17) is 23.2 Å². The van der Waals surface area contributed by atoms with Gasteiger partial charge in [0.1, 0.15) is 5.15 Å². The van der Waals surface area contributed by atoms with Gasteiger partial charge in [-0.25, -0.2) is 4.98 Å². The van der Waals surface area contributed by atoms with Gasteiger partial charge in [0, 0.05) is 12.2 Å². The molecule has 1 aliphatic rings. The van der Waals surface area contributed by atoms with Crippen LogP contribution in [-0.4, -0.2) is 28.0 Å². The number of carbonyl (C=O) groups excluding carboxylic acids is 1. The fourth-order valence-electron chi connectivity index (χ4n) is 2.61. The lowest BCUT2D eigenvalue weighted by molar-refractivity contribution is -0.151. The molecule has 1 aliphatic carbocycles. The molecule has 2 N–H and O–H groups in total. The first-order chi connectivity index (χ1) is 9.84. The van der Waals surface area contributed by atoms with Gasteiger partial charge < -0.3 is 10.4 Å². The average Bonchev–Trinajstić information content (AvgIpc) is 2.44. The first-order valence-corrected chi connectivity index (χ1v) is 7.45. The molecule has 0 aliphatic heterocycles. The van der Waals surface area contributed by atoms with Crippen molar-refractivity contribution >= 4 is 35.1 Å². The molecule has 2 atom stereocenters. The Kier molecular flexibility index (Phi) is 4.74. The van der Waals surface area contributed by atoms with Crippen molar-refractivity contribution in [2.75, 3.05) is 0 Å². The molecule has 0 radical (unpaired) electrons. The van der Waals surface area contributed by atoms with E-state index in [2.05, 4.69) is 10.3 Å². The number of hydrogen-bond acceptors (Lipinski definition) is 3. The first kappa shape index (κ1) is 16.0. The van der Waals surface area contributed by atoms with E-state index in [1.807, 2.05) is 0 Å². The Balaban J connectivity index is 2.17. The minimum atomic E-state index is -0.947. The number of nitrogens with zero attached hydrogens (tertiary/aromatic N) is 1. The first-order valence-electron chi connectivity index (χ1n) is 6.70. The maximum absolute atomic E-state index is 12.2. The number of aromatic nitrogens is 1. The molecule has 0 saturated heterocycles. The third kappa shape index (κ3) is 3.30. The number of carboxylic acid groups (broad SMARTS) is 1. The van der Waals surface area contributed by atoms with Crippen LogP contribution in [0, 0.1) is 5.41 Å². The molecule has 1 aromatic rings. The Bertz CT molecular complexity index is 579. The SMILES string of the molecule is CC1(C(=O)O)CCCCC1NC(=O)c1cnc(Cl)c(Cl)c1. The molecule has 5 nitrogen and oxygen atoms in total. The van der Waals surface area contributed by atoms with Crippen LogP contribution in [0.3, 0.4) is 0 Å². The van der Waals surface area contributed by atoms with Gasteiger partial charge in [0.2, 0.25) is 0 Å². The van der Waals surface area contributed by atoms with Crippen LogP contribution < -0.4 is 5.32 Å². The summed E-state index contributed by atoms with van der Waals surface area (Å²) in [5.74, 6) is -1.28. The number of pyridine rings is 1. The van der Waals surface area contributed by atoms with Crippen LogP contribution in [0.5, 0.6) is 0 Å². The summed E-state index contributed by atoms with van der Waals surface area (Å²) in [7, 11) is 0. The second kappa shape index (κ2) is 6.20. The van der Waals surface area contributed by atoms with Gasteiger partial charge in [-0.3, -0.25) is 9.59 Å². The van der Waals surface area contributed by atoms with Crippen LogP contribution in [0.4, 0.5) is 0 Å². The molecule has 1 fully saturated rings. The van der Waals surface area contributed by atoms with Gasteiger partial charge in [0.15, 0.2) is 0 Å². The summed E-state index contributed by atoms with van der Waals surface area (Å²) in [6, 6.07) is 1.01. The van der Waals surface area contributed by atoms with E-state index in [1.54, 1.807) is 6.92 Å². The molecule has 21 heavy (non-hydrogen) atoms. The predicted molar refractivity (Wildman–Crippen MR) is 79.7 cm³/mol. The van der Waals surface area contributed by atoms with Crippen LogP contribution in [0.25, 0.3) is 0 Å². The predicted octanol–water partition coefficient (Wildman–Crippen LogP) is 3.15. The summed E-state index contributed by atoms with van der Waals surface area (Å²) < 4.78 is 0. The van der Waals surface area contributed by atoms with Crippen LogP contribution in [0.1, 0.15) is 43.0 Å². The normalized spacial score (nSPS) is 25.4. The Labute approximate surface area is 132 Å². The Morgan fingerprint density at radius 1 is 1.43 bits per heavy atom. The molecule has 2 rings (SSSR count). The number of amides is 1. The summed E-state index contributed by atoms with van der Waals surface area (Å²) in [4.78, 5) is 27.6. The van der Waals surface area contributed by atoms with Gasteiger partial charge in [0.25, 0.3) is 5.91 Å². The van der Waals surface area contributed by atoms with Crippen LogP contribution in [0.2, 0.25) is 10.2 Å². The quantitative estimate of drug-likeness (QED) is 0.834. The summed E-state index contributed by atoms with van der Waals surface area (Å²) in [6.45, 7) is 1.67. The van der Waals surface area contributed by atoms with Crippen molar-refractivity contribution in [3.05, 3.63) is 28.0 Å². The molecular weight excluding hydrogens is 315 g/mol. The summed E-state index contributed by atoms with van der Waals surface area (Å²) >= 11 is 11.6. The largest absolute Gasteiger partial charge is 0.481 e. The topological polar surface area (TPSA) is 79.3 Å². The molecule has 1 aromatic heterocycles. The Morgan fingerprint density at radius 3 is 2.76 bits per heavy atom. The number of carbonyl (C=O) groups is 2. The lowest BCUT2D eigenvalue weighted by atomic mass is 9.71. The van der Waals surface area contributed by atoms with E-state index in [-0.39, 0.29) is 21.6 Å². The highest BCUT2D eigenvalue weighted by Crippen LogP contribution is 2.36. The number of aliphatic carboxylic acids is 1. The highest BCUT2D eigenvalue weighted by Gasteiger charge is 2.43. The number of halogens is 2. The highest BCUT2D eigenvalue weighted by atomic mass is 35.5. The van der Waals surface area contributed by atoms with Crippen LogP contribution in [-0.2, 0) is 4.79 Å².